The standard InChI is InChI=1S/C20H26O/c1-5-8-17-13-15(6-2)9-12-19(17)20-14-18(21-4)11-10-16(20)7-3/h9-14H,5-8H2,1-4H3. The van der Waals surface area contributed by atoms with Gasteiger partial charge in [0.05, 0.1) is 7.11 Å². The molecule has 0 aliphatic carbocycles. The Hall–Kier alpha value is -1.76. The van der Waals surface area contributed by atoms with Gasteiger partial charge in [-0.1, -0.05) is 51.5 Å². The monoisotopic (exact) mass is 282 g/mol. The van der Waals surface area contributed by atoms with Crippen molar-refractivity contribution >= 4 is 0 Å². The zero-order chi connectivity index (χ0) is 15.2. The summed E-state index contributed by atoms with van der Waals surface area (Å²) in [5.74, 6) is 0.934. The molecule has 2 rings (SSSR count). The molecule has 0 aromatic heterocycles. The molecule has 0 unspecified atom stereocenters. The molecule has 2 aromatic carbocycles. The molecule has 1 nitrogen and oxygen atoms in total. The van der Waals surface area contributed by atoms with Crippen molar-refractivity contribution < 1.29 is 4.74 Å². The second kappa shape index (κ2) is 7.31. The van der Waals surface area contributed by atoms with Crippen molar-refractivity contribution in [3.63, 3.8) is 0 Å². The highest BCUT2D eigenvalue weighted by Crippen LogP contribution is 2.32. The molecule has 0 saturated heterocycles. The predicted molar refractivity (Wildman–Crippen MR) is 91.2 cm³/mol. The second-order valence-electron chi connectivity index (χ2n) is 5.47. The molecule has 0 heterocycles. The van der Waals surface area contributed by atoms with Crippen LogP contribution in [0, 0.1) is 0 Å². The molecule has 2 aromatic rings. The van der Waals surface area contributed by atoms with Crippen molar-refractivity contribution in [2.24, 2.45) is 0 Å². The molecule has 0 aliphatic heterocycles. The largest absolute Gasteiger partial charge is 0.497 e. The van der Waals surface area contributed by atoms with Crippen molar-refractivity contribution in [3.8, 4) is 16.9 Å². The summed E-state index contributed by atoms with van der Waals surface area (Å²) in [5.41, 5.74) is 6.95. The van der Waals surface area contributed by atoms with Crippen molar-refractivity contribution in [2.45, 2.75) is 46.5 Å². The molecular formula is C20H26O. The third-order valence-electron chi connectivity index (χ3n) is 4.09. The Morgan fingerprint density at radius 3 is 2.24 bits per heavy atom. The highest BCUT2D eigenvalue weighted by Gasteiger charge is 2.10. The quantitative estimate of drug-likeness (QED) is 0.685. The SMILES string of the molecule is CCCc1cc(CC)ccc1-c1cc(OC)ccc1CC. The van der Waals surface area contributed by atoms with E-state index in [1.807, 2.05) is 0 Å². The van der Waals surface area contributed by atoms with Crippen LogP contribution in [0.3, 0.4) is 0 Å². The van der Waals surface area contributed by atoms with E-state index in [4.69, 9.17) is 4.74 Å². The third-order valence-corrected chi connectivity index (χ3v) is 4.09. The Morgan fingerprint density at radius 2 is 1.62 bits per heavy atom. The molecular weight excluding hydrogens is 256 g/mol. The van der Waals surface area contributed by atoms with Crippen LogP contribution in [-0.4, -0.2) is 7.11 Å². The maximum absolute atomic E-state index is 5.42. The number of ether oxygens (including phenoxy) is 1. The van der Waals surface area contributed by atoms with E-state index in [0.717, 1.165) is 25.0 Å². The number of methoxy groups -OCH3 is 1. The fraction of sp³-hybridized carbons (Fsp3) is 0.400. The van der Waals surface area contributed by atoms with E-state index in [1.165, 1.54) is 34.2 Å². The van der Waals surface area contributed by atoms with Gasteiger partial charge >= 0.3 is 0 Å². The van der Waals surface area contributed by atoms with Gasteiger partial charge in [-0.05, 0) is 59.2 Å². The molecule has 0 amide bonds. The van der Waals surface area contributed by atoms with Crippen molar-refractivity contribution in [1.29, 1.82) is 0 Å². The Bertz CT molecular complexity index is 599. The number of hydrogen-bond donors (Lipinski definition) is 0. The van der Waals surface area contributed by atoms with Crippen LogP contribution in [0.15, 0.2) is 36.4 Å². The van der Waals surface area contributed by atoms with Gasteiger partial charge in [0.15, 0.2) is 0 Å². The fourth-order valence-corrected chi connectivity index (χ4v) is 2.85. The minimum Gasteiger partial charge on any atom is -0.497 e. The Kier molecular flexibility index (Phi) is 5.44. The average Bonchev–Trinajstić information content (AvgIpc) is 2.54. The van der Waals surface area contributed by atoms with E-state index < -0.39 is 0 Å². The predicted octanol–water partition coefficient (Wildman–Crippen LogP) is 5.44. The van der Waals surface area contributed by atoms with Gasteiger partial charge in [-0.2, -0.15) is 0 Å². The molecule has 0 radical (unpaired) electrons. The maximum Gasteiger partial charge on any atom is 0.119 e. The summed E-state index contributed by atoms with van der Waals surface area (Å²) in [6, 6.07) is 13.3. The molecule has 1 heteroatoms. The summed E-state index contributed by atoms with van der Waals surface area (Å²) in [7, 11) is 1.73. The minimum absolute atomic E-state index is 0.934. The molecule has 0 fully saturated rings. The lowest BCUT2D eigenvalue weighted by molar-refractivity contribution is 0.415. The lowest BCUT2D eigenvalue weighted by Crippen LogP contribution is -1.96. The highest BCUT2D eigenvalue weighted by atomic mass is 16.5. The van der Waals surface area contributed by atoms with Crippen molar-refractivity contribution in [3.05, 3.63) is 53.1 Å². The van der Waals surface area contributed by atoms with Crippen LogP contribution in [0.4, 0.5) is 0 Å². The fourth-order valence-electron chi connectivity index (χ4n) is 2.85. The first kappa shape index (κ1) is 15.6. The Balaban J connectivity index is 2.59. The first-order chi connectivity index (χ1) is 10.2. The van der Waals surface area contributed by atoms with E-state index in [9.17, 15) is 0 Å². The van der Waals surface area contributed by atoms with E-state index >= 15 is 0 Å². The first-order valence-corrected chi connectivity index (χ1v) is 8.02. The van der Waals surface area contributed by atoms with Crippen molar-refractivity contribution in [2.75, 3.05) is 7.11 Å². The highest BCUT2D eigenvalue weighted by molar-refractivity contribution is 5.72. The van der Waals surface area contributed by atoms with Crippen molar-refractivity contribution in [1.82, 2.24) is 0 Å². The minimum atomic E-state index is 0.934. The van der Waals surface area contributed by atoms with Gasteiger partial charge in [-0.15, -0.1) is 0 Å². The number of aryl methyl sites for hydroxylation is 3. The Labute approximate surface area is 129 Å². The summed E-state index contributed by atoms with van der Waals surface area (Å²) in [6.07, 6.45) is 4.44. The van der Waals surface area contributed by atoms with Gasteiger partial charge in [0.25, 0.3) is 0 Å². The molecule has 0 aliphatic rings. The van der Waals surface area contributed by atoms with E-state index in [-0.39, 0.29) is 0 Å². The first-order valence-electron chi connectivity index (χ1n) is 8.02. The molecule has 0 spiro atoms. The summed E-state index contributed by atoms with van der Waals surface area (Å²) in [6.45, 7) is 6.67. The molecule has 0 saturated carbocycles. The topological polar surface area (TPSA) is 9.23 Å². The number of rotatable bonds is 6. The molecule has 112 valence electrons. The van der Waals surface area contributed by atoms with Gasteiger partial charge in [-0.25, -0.2) is 0 Å². The lowest BCUT2D eigenvalue weighted by Gasteiger charge is -2.15. The van der Waals surface area contributed by atoms with Crippen LogP contribution in [0.5, 0.6) is 5.75 Å². The summed E-state index contributed by atoms with van der Waals surface area (Å²) >= 11 is 0. The van der Waals surface area contributed by atoms with Gasteiger partial charge in [0.2, 0.25) is 0 Å². The third kappa shape index (κ3) is 3.47. The van der Waals surface area contributed by atoms with Gasteiger partial charge in [0, 0.05) is 0 Å². The van der Waals surface area contributed by atoms with E-state index in [1.54, 1.807) is 7.11 Å². The zero-order valence-corrected chi connectivity index (χ0v) is 13.7. The van der Waals surface area contributed by atoms with Crippen LogP contribution < -0.4 is 4.74 Å². The average molecular weight is 282 g/mol. The van der Waals surface area contributed by atoms with E-state index in [2.05, 4.69) is 57.2 Å². The summed E-state index contributed by atoms with van der Waals surface area (Å²) < 4.78 is 5.42. The normalized spacial score (nSPS) is 10.7. The van der Waals surface area contributed by atoms with Crippen LogP contribution in [0.2, 0.25) is 0 Å². The number of benzene rings is 2. The lowest BCUT2D eigenvalue weighted by atomic mass is 9.90. The van der Waals surface area contributed by atoms with E-state index in [0.29, 0.717) is 0 Å². The van der Waals surface area contributed by atoms with Crippen LogP contribution in [-0.2, 0) is 19.3 Å². The Morgan fingerprint density at radius 1 is 0.810 bits per heavy atom. The van der Waals surface area contributed by atoms with Gasteiger partial charge in [-0.3, -0.25) is 0 Å². The molecule has 0 bridgehead atoms. The molecule has 0 N–H and O–H groups in total. The van der Waals surface area contributed by atoms with Gasteiger partial charge in [0.1, 0.15) is 5.75 Å². The van der Waals surface area contributed by atoms with Crippen LogP contribution in [0.25, 0.3) is 11.1 Å². The van der Waals surface area contributed by atoms with Crippen LogP contribution in [0.1, 0.15) is 43.9 Å². The van der Waals surface area contributed by atoms with Crippen LogP contribution >= 0.6 is 0 Å². The summed E-state index contributed by atoms with van der Waals surface area (Å²) in [4.78, 5) is 0. The number of hydrogen-bond acceptors (Lipinski definition) is 1. The molecule has 0 atom stereocenters. The smallest absolute Gasteiger partial charge is 0.119 e. The summed E-state index contributed by atoms with van der Waals surface area (Å²) in [5, 5.41) is 0. The van der Waals surface area contributed by atoms with Gasteiger partial charge < -0.3 is 4.74 Å². The zero-order valence-electron chi connectivity index (χ0n) is 13.7. The second-order valence-corrected chi connectivity index (χ2v) is 5.47. The maximum atomic E-state index is 5.42. The molecule has 21 heavy (non-hydrogen) atoms.